The summed E-state index contributed by atoms with van der Waals surface area (Å²) in [7, 11) is 0. The van der Waals surface area contributed by atoms with Crippen molar-refractivity contribution < 1.29 is 0 Å². The van der Waals surface area contributed by atoms with Crippen molar-refractivity contribution in [2.24, 2.45) is 5.92 Å². The van der Waals surface area contributed by atoms with E-state index in [4.69, 9.17) is 0 Å². The van der Waals surface area contributed by atoms with E-state index in [1.165, 1.54) is 77.5 Å². The van der Waals surface area contributed by atoms with Crippen LogP contribution in [0.3, 0.4) is 0 Å². The van der Waals surface area contributed by atoms with Crippen molar-refractivity contribution in [1.29, 1.82) is 0 Å². The van der Waals surface area contributed by atoms with Gasteiger partial charge in [0.25, 0.3) is 0 Å². The molecular formula is C15H30N2. The predicted octanol–water partition coefficient (Wildman–Crippen LogP) is 3.03. The van der Waals surface area contributed by atoms with Crippen molar-refractivity contribution in [1.82, 2.24) is 10.2 Å². The van der Waals surface area contributed by atoms with Gasteiger partial charge in [0, 0.05) is 19.1 Å². The van der Waals surface area contributed by atoms with Crippen LogP contribution in [0.15, 0.2) is 0 Å². The van der Waals surface area contributed by atoms with E-state index >= 15 is 0 Å². The van der Waals surface area contributed by atoms with Gasteiger partial charge < -0.3 is 10.2 Å². The van der Waals surface area contributed by atoms with Crippen LogP contribution in [0, 0.1) is 5.92 Å². The maximum atomic E-state index is 3.64. The maximum Gasteiger partial charge on any atom is 0.0195 e. The second kappa shape index (κ2) is 7.38. The SMILES string of the molecule is CCCCCCN(CC1CC1)CC1CCCN1. The van der Waals surface area contributed by atoms with Gasteiger partial charge in [0.2, 0.25) is 0 Å². The average Bonchev–Trinajstić information content (AvgIpc) is 2.99. The van der Waals surface area contributed by atoms with Crippen molar-refractivity contribution in [3.8, 4) is 0 Å². The fraction of sp³-hybridized carbons (Fsp3) is 1.00. The second-order valence-corrected chi connectivity index (χ2v) is 6.06. The van der Waals surface area contributed by atoms with Crippen LogP contribution in [-0.2, 0) is 0 Å². The Kier molecular flexibility index (Phi) is 5.79. The van der Waals surface area contributed by atoms with Gasteiger partial charge in [-0.05, 0) is 51.1 Å². The summed E-state index contributed by atoms with van der Waals surface area (Å²) in [5.41, 5.74) is 0. The van der Waals surface area contributed by atoms with Crippen LogP contribution in [0.4, 0.5) is 0 Å². The maximum absolute atomic E-state index is 3.64. The van der Waals surface area contributed by atoms with Crippen LogP contribution in [0.2, 0.25) is 0 Å². The first kappa shape index (κ1) is 13.4. The fourth-order valence-electron chi connectivity index (χ4n) is 2.91. The molecule has 0 bridgehead atoms. The van der Waals surface area contributed by atoms with E-state index in [0.29, 0.717) is 0 Å². The minimum atomic E-state index is 0.792. The lowest BCUT2D eigenvalue weighted by atomic mass is 10.1. The molecule has 2 aliphatic rings. The standard InChI is InChI=1S/C15H30N2/c1-2-3-4-5-11-17(12-14-8-9-14)13-15-7-6-10-16-15/h14-16H,2-13H2,1H3. The van der Waals surface area contributed by atoms with Gasteiger partial charge in [-0.25, -0.2) is 0 Å². The Labute approximate surface area is 107 Å². The summed E-state index contributed by atoms with van der Waals surface area (Å²) in [4.78, 5) is 2.75. The lowest BCUT2D eigenvalue weighted by Crippen LogP contribution is -2.39. The van der Waals surface area contributed by atoms with Gasteiger partial charge in [0.1, 0.15) is 0 Å². The third-order valence-corrected chi connectivity index (χ3v) is 4.18. The van der Waals surface area contributed by atoms with E-state index in [9.17, 15) is 0 Å². The molecule has 0 aromatic heterocycles. The molecule has 2 heteroatoms. The topological polar surface area (TPSA) is 15.3 Å². The highest BCUT2D eigenvalue weighted by molar-refractivity contribution is 4.82. The summed E-state index contributed by atoms with van der Waals surface area (Å²) >= 11 is 0. The van der Waals surface area contributed by atoms with Gasteiger partial charge in [-0.1, -0.05) is 26.2 Å². The molecule has 17 heavy (non-hydrogen) atoms. The molecule has 1 saturated heterocycles. The van der Waals surface area contributed by atoms with Gasteiger partial charge in [0.15, 0.2) is 0 Å². The van der Waals surface area contributed by atoms with Crippen LogP contribution < -0.4 is 5.32 Å². The third-order valence-electron chi connectivity index (χ3n) is 4.18. The number of rotatable bonds is 9. The molecule has 1 saturated carbocycles. The van der Waals surface area contributed by atoms with Crippen LogP contribution in [0.25, 0.3) is 0 Å². The zero-order chi connectivity index (χ0) is 11.9. The minimum Gasteiger partial charge on any atom is -0.313 e. The largest absolute Gasteiger partial charge is 0.313 e. The Morgan fingerprint density at radius 3 is 2.59 bits per heavy atom. The lowest BCUT2D eigenvalue weighted by Gasteiger charge is -2.25. The molecule has 0 spiro atoms. The number of nitrogens with zero attached hydrogens (tertiary/aromatic N) is 1. The average molecular weight is 238 g/mol. The molecule has 2 rings (SSSR count). The smallest absolute Gasteiger partial charge is 0.0195 e. The van der Waals surface area contributed by atoms with Crippen LogP contribution in [0.1, 0.15) is 58.3 Å². The first-order valence-electron chi connectivity index (χ1n) is 7.84. The Bertz CT molecular complexity index is 195. The number of hydrogen-bond donors (Lipinski definition) is 1. The summed E-state index contributed by atoms with van der Waals surface area (Å²) in [5, 5.41) is 3.64. The van der Waals surface area contributed by atoms with Crippen molar-refractivity contribution in [2.75, 3.05) is 26.2 Å². The molecule has 1 heterocycles. The van der Waals surface area contributed by atoms with Gasteiger partial charge in [-0.3, -0.25) is 0 Å². The zero-order valence-electron chi connectivity index (χ0n) is 11.6. The van der Waals surface area contributed by atoms with Gasteiger partial charge in [0.05, 0.1) is 0 Å². The Balaban J connectivity index is 1.63. The molecule has 1 aliphatic heterocycles. The highest BCUT2D eigenvalue weighted by atomic mass is 15.2. The highest BCUT2D eigenvalue weighted by Gasteiger charge is 2.26. The molecule has 100 valence electrons. The van der Waals surface area contributed by atoms with Crippen LogP contribution >= 0.6 is 0 Å². The van der Waals surface area contributed by atoms with E-state index in [1.807, 2.05) is 0 Å². The molecule has 0 aromatic carbocycles. The molecule has 1 atom stereocenters. The molecule has 2 fully saturated rings. The summed E-state index contributed by atoms with van der Waals surface area (Å²) < 4.78 is 0. The van der Waals surface area contributed by atoms with E-state index < -0.39 is 0 Å². The minimum absolute atomic E-state index is 0.792. The van der Waals surface area contributed by atoms with E-state index in [-0.39, 0.29) is 0 Å². The first-order valence-corrected chi connectivity index (χ1v) is 7.84. The Hall–Kier alpha value is -0.0800. The number of unbranched alkanes of at least 4 members (excludes halogenated alkanes) is 3. The van der Waals surface area contributed by atoms with E-state index in [1.54, 1.807) is 0 Å². The summed E-state index contributed by atoms with van der Waals surface area (Å²) in [5.74, 6) is 1.04. The second-order valence-electron chi connectivity index (χ2n) is 6.06. The summed E-state index contributed by atoms with van der Waals surface area (Å²) in [6, 6.07) is 0.792. The summed E-state index contributed by atoms with van der Waals surface area (Å²) in [6.07, 6.45) is 11.4. The van der Waals surface area contributed by atoms with E-state index in [0.717, 1.165) is 12.0 Å². The Morgan fingerprint density at radius 1 is 1.06 bits per heavy atom. The van der Waals surface area contributed by atoms with Crippen molar-refractivity contribution in [3.63, 3.8) is 0 Å². The Morgan fingerprint density at radius 2 is 1.94 bits per heavy atom. The summed E-state index contributed by atoms with van der Waals surface area (Å²) in [6.45, 7) is 7.57. The van der Waals surface area contributed by atoms with Crippen LogP contribution in [0.5, 0.6) is 0 Å². The number of nitrogens with one attached hydrogen (secondary N) is 1. The molecule has 1 aliphatic carbocycles. The predicted molar refractivity (Wildman–Crippen MR) is 74.3 cm³/mol. The quantitative estimate of drug-likeness (QED) is 0.621. The van der Waals surface area contributed by atoms with Crippen molar-refractivity contribution in [2.45, 2.75) is 64.3 Å². The third kappa shape index (κ3) is 5.39. The van der Waals surface area contributed by atoms with Crippen molar-refractivity contribution >= 4 is 0 Å². The van der Waals surface area contributed by atoms with Gasteiger partial charge >= 0.3 is 0 Å². The van der Waals surface area contributed by atoms with Gasteiger partial charge in [-0.2, -0.15) is 0 Å². The van der Waals surface area contributed by atoms with Crippen LogP contribution in [-0.4, -0.2) is 37.1 Å². The number of hydrogen-bond acceptors (Lipinski definition) is 2. The fourth-order valence-corrected chi connectivity index (χ4v) is 2.91. The van der Waals surface area contributed by atoms with Gasteiger partial charge in [-0.15, -0.1) is 0 Å². The van der Waals surface area contributed by atoms with E-state index in [2.05, 4.69) is 17.1 Å². The molecule has 1 N–H and O–H groups in total. The molecule has 0 radical (unpaired) electrons. The highest BCUT2D eigenvalue weighted by Crippen LogP contribution is 2.30. The lowest BCUT2D eigenvalue weighted by molar-refractivity contribution is 0.235. The molecule has 0 aromatic rings. The van der Waals surface area contributed by atoms with Crippen molar-refractivity contribution in [3.05, 3.63) is 0 Å². The monoisotopic (exact) mass is 238 g/mol. The molecule has 0 amide bonds. The normalized spacial score (nSPS) is 24.7. The first-order chi connectivity index (χ1) is 8.38. The molecular weight excluding hydrogens is 208 g/mol. The molecule has 2 nitrogen and oxygen atoms in total. The zero-order valence-corrected chi connectivity index (χ0v) is 11.6. The molecule has 1 unspecified atom stereocenters.